The van der Waals surface area contributed by atoms with Gasteiger partial charge in [-0.25, -0.2) is 24.5 Å². The highest BCUT2D eigenvalue weighted by Gasteiger charge is 2.59. The zero-order valence-corrected chi connectivity index (χ0v) is 30.4. The maximum atomic E-state index is 12.7. The van der Waals surface area contributed by atoms with Crippen LogP contribution in [0, 0.1) is 5.41 Å². The quantitative estimate of drug-likeness (QED) is 0.142. The summed E-state index contributed by atoms with van der Waals surface area (Å²) in [7, 11) is 0. The van der Waals surface area contributed by atoms with Gasteiger partial charge in [0.1, 0.15) is 42.9 Å². The third-order valence-electron chi connectivity index (χ3n) is 10.4. The molecule has 2 N–H and O–H groups in total. The molecular weight excluding hydrogens is 684 g/mol. The van der Waals surface area contributed by atoms with E-state index < -0.39 is 18.0 Å². The van der Waals surface area contributed by atoms with Crippen molar-refractivity contribution in [2.24, 2.45) is 5.41 Å². The summed E-state index contributed by atoms with van der Waals surface area (Å²) in [5.41, 5.74) is 4.18. The number of benzene rings is 3. The van der Waals surface area contributed by atoms with E-state index in [0.29, 0.717) is 22.7 Å². The zero-order valence-electron chi connectivity index (χ0n) is 30.4. The Labute approximate surface area is 312 Å². The molecule has 0 bridgehead atoms. The minimum absolute atomic E-state index is 0.0689. The van der Waals surface area contributed by atoms with E-state index in [4.69, 9.17) is 23.9 Å². The van der Waals surface area contributed by atoms with Gasteiger partial charge in [0.15, 0.2) is 5.79 Å². The molecule has 0 unspecified atom stereocenters. The van der Waals surface area contributed by atoms with Crippen LogP contribution in [-0.4, -0.2) is 49.7 Å². The predicted molar refractivity (Wildman–Crippen MR) is 204 cm³/mol. The normalized spacial score (nSPS) is 21.5. The molecule has 4 atom stereocenters. The molecule has 1 aliphatic heterocycles. The molecule has 1 saturated heterocycles. The van der Waals surface area contributed by atoms with Gasteiger partial charge in [0.25, 0.3) is 0 Å². The van der Waals surface area contributed by atoms with Crippen LogP contribution in [0.2, 0.25) is 0 Å². The summed E-state index contributed by atoms with van der Waals surface area (Å²) in [5, 5.41) is 7.23. The largest absolute Gasteiger partial charge is 0.444 e. The number of nitrogens with one attached hydrogen (secondary N) is 2. The Balaban J connectivity index is 0.962. The fourth-order valence-corrected chi connectivity index (χ4v) is 7.70. The number of carbonyl (C=O) groups is 2. The Bertz CT molecular complexity index is 2300. The van der Waals surface area contributed by atoms with Gasteiger partial charge in [-0.1, -0.05) is 79.7 Å². The molecule has 54 heavy (non-hydrogen) atoms. The second-order valence-corrected chi connectivity index (χ2v) is 14.7. The van der Waals surface area contributed by atoms with Crippen molar-refractivity contribution in [2.45, 2.75) is 77.3 Å². The summed E-state index contributed by atoms with van der Waals surface area (Å²) >= 11 is 0. The molecule has 0 spiro atoms. The number of aryl methyl sites for hydroxylation is 1. The maximum absolute atomic E-state index is 12.7. The van der Waals surface area contributed by atoms with Crippen molar-refractivity contribution in [3.63, 3.8) is 0 Å². The summed E-state index contributed by atoms with van der Waals surface area (Å²) in [5.74, 6) is 0.0569. The van der Waals surface area contributed by atoms with Gasteiger partial charge in [-0.05, 0) is 79.5 Å². The molecule has 2 fully saturated rings. The van der Waals surface area contributed by atoms with Crippen molar-refractivity contribution in [3.05, 3.63) is 126 Å². The molecule has 12 heteroatoms. The minimum atomic E-state index is -0.749. The van der Waals surface area contributed by atoms with Gasteiger partial charge < -0.3 is 23.5 Å². The number of amides is 2. The SMILES string of the molecule is CC1(C)O[C@H]2[C@H](n3ccc4c(NC(=O)OCc5ccccc5)ncnc43)C[C@](C)(CCc3ccc4ccc(NC(=O)OCc5ccccc5)nc4c3)[C@H]2O1. The van der Waals surface area contributed by atoms with Gasteiger partial charge >= 0.3 is 12.2 Å². The second-order valence-electron chi connectivity index (χ2n) is 14.7. The zero-order chi connectivity index (χ0) is 37.3. The van der Waals surface area contributed by atoms with Gasteiger partial charge in [0.05, 0.1) is 23.0 Å². The molecule has 8 rings (SSSR count). The van der Waals surface area contributed by atoms with Crippen LogP contribution in [0.4, 0.5) is 21.2 Å². The van der Waals surface area contributed by atoms with Crippen LogP contribution in [0.15, 0.2) is 110 Å². The first kappa shape index (κ1) is 35.2. The average Bonchev–Trinajstić information content (AvgIpc) is 3.83. The molecule has 2 aliphatic rings. The number of nitrogens with zero attached hydrogens (tertiary/aromatic N) is 4. The molecule has 4 heterocycles. The van der Waals surface area contributed by atoms with Crippen molar-refractivity contribution < 1.29 is 28.5 Å². The molecule has 6 aromatic rings. The van der Waals surface area contributed by atoms with Gasteiger partial charge in [-0.15, -0.1) is 0 Å². The first-order chi connectivity index (χ1) is 26.1. The molecule has 2 amide bonds. The van der Waals surface area contributed by atoms with Crippen LogP contribution >= 0.6 is 0 Å². The molecular formula is C42H42N6O6. The van der Waals surface area contributed by atoms with Crippen LogP contribution in [0.25, 0.3) is 21.9 Å². The number of carbonyl (C=O) groups excluding carboxylic acids is 2. The van der Waals surface area contributed by atoms with E-state index in [1.807, 2.05) is 92.8 Å². The van der Waals surface area contributed by atoms with E-state index in [2.05, 4.69) is 50.3 Å². The van der Waals surface area contributed by atoms with E-state index >= 15 is 0 Å². The fraction of sp³-hybridized carbons (Fsp3) is 0.310. The fourth-order valence-electron chi connectivity index (χ4n) is 7.70. The Morgan fingerprint density at radius 1 is 0.815 bits per heavy atom. The van der Waals surface area contributed by atoms with E-state index in [0.717, 1.165) is 46.9 Å². The van der Waals surface area contributed by atoms with Gasteiger partial charge in [-0.2, -0.15) is 0 Å². The predicted octanol–water partition coefficient (Wildman–Crippen LogP) is 8.58. The molecule has 12 nitrogen and oxygen atoms in total. The summed E-state index contributed by atoms with van der Waals surface area (Å²) in [6, 6.07) is 30.9. The van der Waals surface area contributed by atoms with Crippen LogP contribution in [-0.2, 0) is 38.6 Å². The highest BCUT2D eigenvalue weighted by Crippen LogP contribution is 2.55. The standard InChI is InChI=1S/C42H42N6O6/c1-41(2)53-35-33(48-21-19-31-37(43-26-44-38(31)48)47-40(50)52-25-29-12-8-5-9-13-29)23-42(3,36(35)54-41)20-18-27-14-15-30-16-17-34(45-32(30)22-27)46-39(49)51-24-28-10-6-4-7-11-28/h4-17,19,21-22,26,33,35-36H,18,20,23-25H2,1-3H3,(H,45,46,49)(H,43,44,47,50)/t33-,35+,36+,42+/m1/s1. The monoisotopic (exact) mass is 726 g/mol. The van der Waals surface area contributed by atoms with Crippen LogP contribution in [0.3, 0.4) is 0 Å². The summed E-state index contributed by atoms with van der Waals surface area (Å²) in [6.45, 7) is 6.52. The highest BCUT2D eigenvalue weighted by molar-refractivity contribution is 5.95. The lowest BCUT2D eigenvalue weighted by molar-refractivity contribution is -0.168. The number of aromatic nitrogens is 4. The first-order valence-electron chi connectivity index (χ1n) is 18.1. The minimum Gasteiger partial charge on any atom is -0.444 e. The number of anilines is 2. The van der Waals surface area contributed by atoms with Crippen molar-refractivity contribution in [3.8, 4) is 0 Å². The lowest BCUT2D eigenvalue weighted by Crippen LogP contribution is -2.34. The van der Waals surface area contributed by atoms with Gasteiger partial charge in [0.2, 0.25) is 0 Å². The van der Waals surface area contributed by atoms with Crippen molar-refractivity contribution >= 4 is 45.8 Å². The first-order valence-corrected chi connectivity index (χ1v) is 18.1. The lowest BCUT2D eigenvalue weighted by atomic mass is 9.80. The maximum Gasteiger partial charge on any atom is 0.413 e. The van der Waals surface area contributed by atoms with Crippen LogP contribution < -0.4 is 10.6 Å². The van der Waals surface area contributed by atoms with Gasteiger partial charge in [-0.3, -0.25) is 10.6 Å². The average molecular weight is 727 g/mol. The third kappa shape index (κ3) is 7.48. The van der Waals surface area contributed by atoms with Crippen LogP contribution in [0.5, 0.6) is 0 Å². The smallest absolute Gasteiger partial charge is 0.413 e. The summed E-state index contributed by atoms with van der Waals surface area (Å²) in [4.78, 5) is 38.9. The third-order valence-corrected chi connectivity index (χ3v) is 10.4. The second kappa shape index (κ2) is 14.5. The summed E-state index contributed by atoms with van der Waals surface area (Å²) < 4.78 is 26.2. The van der Waals surface area contributed by atoms with Crippen molar-refractivity contribution in [1.29, 1.82) is 0 Å². The Morgan fingerprint density at radius 3 is 2.22 bits per heavy atom. The number of rotatable bonds is 10. The molecule has 276 valence electrons. The molecule has 1 aliphatic carbocycles. The summed E-state index contributed by atoms with van der Waals surface area (Å²) in [6.07, 6.45) is 4.35. The molecule has 3 aromatic carbocycles. The Morgan fingerprint density at radius 2 is 1.50 bits per heavy atom. The van der Waals surface area contributed by atoms with E-state index in [1.54, 1.807) is 6.07 Å². The van der Waals surface area contributed by atoms with E-state index in [9.17, 15) is 9.59 Å². The van der Waals surface area contributed by atoms with Gasteiger partial charge in [0, 0.05) is 11.6 Å². The molecule has 0 radical (unpaired) electrons. The number of ether oxygens (including phenoxy) is 4. The molecule has 1 saturated carbocycles. The van der Waals surface area contributed by atoms with E-state index in [-0.39, 0.29) is 36.9 Å². The number of fused-ring (bicyclic) bond motifs is 3. The highest BCUT2D eigenvalue weighted by atomic mass is 16.8. The molecule has 3 aromatic heterocycles. The number of hydrogen-bond acceptors (Lipinski definition) is 9. The Kier molecular flexibility index (Phi) is 9.47. The van der Waals surface area contributed by atoms with Crippen molar-refractivity contribution in [1.82, 2.24) is 19.5 Å². The van der Waals surface area contributed by atoms with Crippen molar-refractivity contribution in [2.75, 3.05) is 10.6 Å². The topological polar surface area (TPSA) is 139 Å². The number of hydrogen-bond donors (Lipinski definition) is 2. The van der Waals surface area contributed by atoms with E-state index in [1.165, 1.54) is 6.33 Å². The lowest BCUT2D eigenvalue weighted by Gasteiger charge is -2.32. The number of pyridine rings is 1. The van der Waals surface area contributed by atoms with Crippen LogP contribution in [0.1, 0.15) is 56.3 Å². The Hall–Kier alpha value is -5.85.